The zero-order chi connectivity index (χ0) is 36.6. The average molecular weight is 691 g/mol. The second-order valence-electron chi connectivity index (χ2n) is 14.8. The van der Waals surface area contributed by atoms with E-state index >= 15 is 0 Å². The quantitative estimate of drug-likeness (QED) is 0.103. The molecule has 0 saturated heterocycles. The SMILES string of the molecule is CC(C)Cc1ccc(C(c2ccc(CC(C)C)cc2)N(Cc2ccccc2)c2cccc(C(=O)c3cn(CCCC(=O)O)c4ccccc34)c2)cc1. The number of para-hydroxylation sites is 1. The van der Waals surface area contributed by atoms with E-state index in [2.05, 4.69) is 111 Å². The van der Waals surface area contributed by atoms with Crippen molar-refractivity contribution < 1.29 is 14.7 Å². The minimum Gasteiger partial charge on any atom is -0.481 e. The van der Waals surface area contributed by atoms with Crippen LogP contribution in [0.2, 0.25) is 0 Å². The molecule has 52 heavy (non-hydrogen) atoms. The number of anilines is 1. The van der Waals surface area contributed by atoms with Gasteiger partial charge in [0.2, 0.25) is 0 Å². The van der Waals surface area contributed by atoms with Crippen LogP contribution in [0.4, 0.5) is 5.69 Å². The number of hydrogen-bond donors (Lipinski definition) is 1. The summed E-state index contributed by atoms with van der Waals surface area (Å²) in [4.78, 5) is 28.1. The van der Waals surface area contributed by atoms with Gasteiger partial charge in [0.1, 0.15) is 0 Å². The molecule has 266 valence electrons. The van der Waals surface area contributed by atoms with Crippen LogP contribution >= 0.6 is 0 Å². The van der Waals surface area contributed by atoms with Crippen molar-refractivity contribution in [1.29, 1.82) is 0 Å². The van der Waals surface area contributed by atoms with Gasteiger partial charge in [-0.25, -0.2) is 0 Å². The summed E-state index contributed by atoms with van der Waals surface area (Å²) in [5.74, 6) is 0.274. The van der Waals surface area contributed by atoms with E-state index in [4.69, 9.17) is 0 Å². The summed E-state index contributed by atoms with van der Waals surface area (Å²) < 4.78 is 2.01. The average Bonchev–Trinajstić information content (AvgIpc) is 3.50. The number of nitrogens with zero attached hydrogens (tertiary/aromatic N) is 2. The molecular weight excluding hydrogens is 641 g/mol. The molecule has 0 unspecified atom stereocenters. The number of fused-ring (bicyclic) bond motifs is 1. The molecule has 0 amide bonds. The Morgan fingerprint density at radius 2 is 1.27 bits per heavy atom. The third kappa shape index (κ3) is 8.89. The summed E-state index contributed by atoms with van der Waals surface area (Å²) in [6.07, 6.45) is 4.52. The van der Waals surface area contributed by atoms with Gasteiger partial charge in [-0.2, -0.15) is 0 Å². The topological polar surface area (TPSA) is 62.5 Å². The smallest absolute Gasteiger partial charge is 0.303 e. The van der Waals surface area contributed by atoms with Crippen LogP contribution in [0.5, 0.6) is 0 Å². The Balaban J connectivity index is 1.44. The van der Waals surface area contributed by atoms with E-state index in [9.17, 15) is 14.7 Å². The van der Waals surface area contributed by atoms with Gasteiger partial charge in [0.25, 0.3) is 0 Å². The molecule has 0 aliphatic carbocycles. The van der Waals surface area contributed by atoms with E-state index in [1.54, 1.807) is 0 Å². The van der Waals surface area contributed by atoms with Crippen LogP contribution in [0.3, 0.4) is 0 Å². The van der Waals surface area contributed by atoms with Crippen molar-refractivity contribution in [2.75, 3.05) is 4.90 Å². The van der Waals surface area contributed by atoms with Crippen molar-refractivity contribution in [3.8, 4) is 0 Å². The van der Waals surface area contributed by atoms with E-state index in [1.807, 2.05) is 59.3 Å². The Labute approximate surface area is 308 Å². The molecule has 0 saturated carbocycles. The molecule has 0 fully saturated rings. The number of carboxylic acid groups (broad SMARTS) is 1. The van der Waals surface area contributed by atoms with Crippen LogP contribution in [0, 0.1) is 11.8 Å². The van der Waals surface area contributed by atoms with Crippen molar-refractivity contribution >= 4 is 28.3 Å². The molecule has 5 heteroatoms. The predicted molar refractivity (Wildman–Crippen MR) is 213 cm³/mol. The fourth-order valence-electron chi connectivity index (χ4n) is 7.27. The molecule has 5 aromatic carbocycles. The zero-order valence-corrected chi connectivity index (χ0v) is 30.8. The number of aliphatic carboxylic acids is 1. The molecule has 1 heterocycles. The summed E-state index contributed by atoms with van der Waals surface area (Å²) in [6.45, 7) is 10.2. The Bertz CT molecular complexity index is 2040. The van der Waals surface area contributed by atoms with Crippen molar-refractivity contribution in [1.82, 2.24) is 4.57 Å². The second kappa shape index (κ2) is 16.7. The molecule has 0 atom stereocenters. The largest absolute Gasteiger partial charge is 0.481 e. The standard InChI is InChI=1S/C47H50N2O3/c1-33(2)28-35-19-23-38(24-20-35)46(39-25-21-36(22-26-39)29-34(3)4)49(31-37-12-6-5-7-13-37)41-15-10-14-40(30-41)47(52)43-32-48(27-11-18-45(50)51)44-17-9-8-16-42(43)44/h5-10,12-17,19-26,30,32-34,46H,11,18,27-29,31H2,1-4H3,(H,50,51). The van der Waals surface area contributed by atoms with Gasteiger partial charge in [0, 0.05) is 53.4 Å². The Kier molecular flexibility index (Phi) is 11.7. The normalized spacial score (nSPS) is 11.5. The Morgan fingerprint density at radius 3 is 1.87 bits per heavy atom. The van der Waals surface area contributed by atoms with Gasteiger partial charge in [-0.05, 0) is 77.1 Å². The van der Waals surface area contributed by atoms with E-state index in [0.717, 1.165) is 29.4 Å². The number of carbonyl (C=O) groups excluding carboxylic acids is 1. The number of carbonyl (C=O) groups is 2. The van der Waals surface area contributed by atoms with Crippen LogP contribution in [-0.2, 0) is 30.7 Å². The van der Waals surface area contributed by atoms with E-state index in [1.165, 1.54) is 27.8 Å². The van der Waals surface area contributed by atoms with Gasteiger partial charge in [0.05, 0.1) is 6.04 Å². The minimum absolute atomic E-state index is 0.0534. The predicted octanol–water partition coefficient (Wildman–Crippen LogP) is 10.9. The second-order valence-corrected chi connectivity index (χ2v) is 14.8. The molecule has 6 rings (SSSR count). The molecule has 0 radical (unpaired) electrons. The number of benzene rings is 5. The van der Waals surface area contributed by atoms with Crippen LogP contribution < -0.4 is 4.90 Å². The highest BCUT2D eigenvalue weighted by Crippen LogP contribution is 2.36. The van der Waals surface area contributed by atoms with Crippen LogP contribution in [0.1, 0.15) is 90.3 Å². The third-order valence-corrected chi connectivity index (χ3v) is 9.65. The lowest BCUT2D eigenvalue weighted by Gasteiger charge is -2.35. The fourth-order valence-corrected chi connectivity index (χ4v) is 7.27. The van der Waals surface area contributed by atoms with Gasteiger partial charge in [-0.3, -0.25) is 9.59 Å². The lowest BCUT2D eigenvalue weighted by atomic mass is 9.92. The maximum atomic E-state index is 14.4. The maximum Gasteiger partial charge on any atom is 0.303 e. The van der Waals surface area contributed by atoms with Gasteiger partial charge in [-0.1, -0.05) is 137 Å². The van der Waals surface area contributed by atoms with Gasteiger partial charge in [-0.15, -0.1) is 0 Å². The number of aryl methyl sites for hydroxylation is 1. The molecule has 1 aromatic heterocycles. The highest BCUT2D eigenvalue weighted by atomic mass is 16.4. The summed E-state index contributed by atoms with van der Waals surface area (Å²) in [6, 6.07) is 44.5. The van der Waals surface area contributed by atoms with Gasteiger partial charge < -0.3 is 14.6 Å². The van der Waals surface area contributed by atoms with E-state index in [-0.39, 0.29) is 18.2 Å². The summed E-state index contributed by atoms with van der Waals surface area (Å²) in [5.41, 5.74) is 9.35. The minimum atomic E-state index is -0.819. The molecule has 1 N–H and O–H groups in total. The number of carboxylic acids is 1. The molecule has 0 aliphatic rings. The van der Waals surface area contributed by atoms with Gasteiger partial charge >= 0.3 is 5.97 Å². The molecule has 0 spiro atoms. The van der Waals surface area contributed by atoms with Crippen LogP contribution in [-0.4, -0.2) is 21.4 Å². The lowest BCUT2D eigenvalue weighted by molar-refractivity contribution is -0.137. The summed E-state index contributed by atoms with van der Waals surface area (Å²) in [7, 11) is 0. The van der Waals surface area contributed by atoms with Crippen LogP contribution in [0.25, 0.3) is 10.9 Å². The Hall–Kier alpha value is -5.42. The Morgan fingerprint density at radius 1 is 0.673 bits per heavy atom. The van der Waals surface area contributed by atoms with Gasteiger partial charge in [0.15, 0.2) is 5.78 Å². The number of hydrogen-bond acceptors (Lipinski definition) is 3. The first-order valence-electron chi connectivity index (χ1n) is 18.6. The zero-order valence-electron chi connectivity index (χ0n) is 30.8. The van der Waals surface area contributed by atoms with Crippen molar-refractivity contribution in [2.24, 2.45) is 11.8 Å². The summed E-state index contributed by atoms with van der Waals surface area (Å²) in [5, 5.41) is 10.1. The molecular formula is C47H50N2O3. The number of aromatic nitrogens is 1. The van der Waals surface area contributed by atoms with E-state index < -0.39 is 5.97 Å². The van der Waals surface area contributed by atoms with Crippen LogP contribution in [0.15, 0.2) is 134 Å². The first-order chi connectivity index (χ1) is 25.2. The molecule has 5 nitrogen and oxygen atoms in total. The molecule has 6 aromatic rings. The first-order valence-corrected chi connectivity index (χ1v) is 18.6. The number of ketones is 1. The highest BCUT2D eigenvalue weighted by Gasteiger charge is 2.25. The third-order valence-electron chi connectivity index (χ3n) is 9.65. The van der Waals surface area contributed by atoms with Crippen molar-refractivity contribution in [2.45, 2.75) is 72.5 Å². The number of rotatable bonds is 16. The van der Waals surface area contributed by atoms with E-state index in [0.29, 0.717) is 42.5 Å². The maximum absolute atomic E-state index is 14.4. The van der Waals surface area contributed by atoms with Crippen molar-refractivity contribution in [3.63, 3.8) is 0 Å². The fraction of sp³-hybridized carbons (Fsp3) is 0.277. The first kappa shape index (κ1) is 36.4. The highest BCUT2D eigenvalue weighted by molar-refractivity contribution is 6.16. The lowest BCUT2D eigenvalue weighted by Crippen LogP contribution is -2.29. The van der Waals surface area contributed by atoms with Crippen molar-refractivity contribution in [3.05, 3.63) is 173 Å². The molecule has 0 bridgehead atoms. The monoisotopic (exact) mass is 690 g/mol. The molecule has 0 aliphatic heterocycles. The summed E-state index contributed by atoms with van der Waals surface area (Å²) >= 11 is 0.